The summed E-state index contributed by atoms with van der Waals surface area (Å²) >= 11 is 0. The standard InChI is InChI=1S/C16H32N2/c1-4-13(5-2)12-18-15-8-7-9-16(18)11-14(10-15)17-6-3/h13-17H,4-12H2,1-3H3. The Morgan fingerprint density at radius 1 is 1.06 bits per heavy atom. The summed E-state index contributed by atoms with van der Waals surface area (Å²) in [6.45, 7) is 9.45. The zero-order valence-corrected chi connectivity index (χ0v) is 12.6. The molecule has 18 heavy (non-hydrogen) atoms. The van der Waals surface area contributed by atoms with E-state index in [9.17, 15) is 0 Å². The van der Waals surface area contributed by atoms with Gasteiger partial charge in [0.15, 0.2) is 0 Å². The fourth-order valence-corrected chi connectivity index (χ4v) is 4.08. The van der Waals surface area contributed by atoms with Gasteiger partial charge in [0.2, 0.25) is 0 Å². The number of fused-ring (bicyclic) bond motifs is 2. The van der Waals surface area contributed by atoms with E-state index in [0.29, 0.717) is 0 Å². The van der Waals surface area contributed by atoms with E-state index in [1.807, 2.05) is 0 Å². The highest BCUT2D eigenvalue weighted by Crippen LogP contribution is 2.35. The van der Waals surface area contributed by atoms with Crippen LogP contribution in [0.1, 0.15) is 65.7 Å². The zero-order chi connectivity index (χ0) is 13.0. The maximum atomic E-state index is 3.69. The molecule has 0 radical (unpaired) electrons. The maximum absolute atomic E-state index is 3.69. The van der Waals surface area contributed by atoms with Crippen molar-refractivity contribution in [1.82, 2.24) is 10.2 Å². The topological polar surface area (TPSA) is 15.3 Å². The monoisotopic (exact) mass is 252 g/mol. The van der Waals surface area contributed by atoms with E-state index in [2.05, 4.69) is 31.0 Å². The van der Waals surface area contributed by atoms with E-state index in [-0.39, 0.29) is 0 Å². The number of piperidine rings is 2. The summed E-state index contributed by atoms with van der Waals surface area (Å²) in [7, 11) is 0. The van der Waals surface area contributed by atoms with Crippen LogP contribution in [-0.4, -0.2) is 36.1 Å². The molecule has 2 aliphatic rings. The van der Waals surface area contributed by atoms with Crippen LogP contribution < -0.4 is 5.32 Å². The third kappa shape index (κ3) is 3.27. The van der Waals surface area contributed by atoms with Crippen molar-refractivity contribution in [2.45, 2.75) is 83.8 Å². The molecule has 2 bridgehead atoms. The summed E-state index contributed by atoms with van der Waals surface area (Å²) in [6, 6.07) is 2.55. The van der Waals surface area contributed by atoms with Crippen molar-refractivity contribution in [3.63, 3.8) is 0 Å². The number of nitrogens with one attached hydrogen (secondary N) is 1. The smallest absolute Gasteiger partial charge is 0.0113 e. The van der Waals surface area contributed by atoms with E-state index in [0.717, 1.165) is 30.6 Å². The van der Waals surface area contributed by atoms with Crippen molar-refractivity contribution >= 4 is 0 Å². The summed E-state index contributed by atoms with van der Waals surface area (Å²) < 4.78 is 0. The van der Waals surface area contributed by atoms with Crippen LogP contribution in [0.3, 0.4) is 0 Å². The van der Waals surface area contributed by atoms with E-state index in [1.54, 1.807) is 0 Å². The fraction of sp³-hybridized carbons (Fsp3) is 1.00. The first-order valence-electron chi connectivity index (χ1n) is 8.27. The quantitative estimate of drug-likeness (QED) is 0.779. The Bertz CT molecular complexity index is 223. The minimum Gasteiger partial charge on any atom is -0.314 e. The Hall–Kier alpha value is -0.0800. The van der Waals surface area contributed by atoms with E-state index in [4.69, 9.17) is 0 Å². The molecule has 2 heteroatoms. The summed E-state index contributed by atoms with van der Waals surface area (Å²) in [5.41, 5.74) is 0. The van der Waals surface area contributed by atoms with Crippen LogP contribution in [0.25, 0.3) is 0 Å². The van der Waals surface area contributed by atoms with Gasteiger partial charge < -0.3 is 5.32 Å². The zero-order valence-electron chi connectivity index (χ0n) is 12.6. The van der Waals surface area contributed by atoms with E-state index >= 15 is 0 Å². The van der Waals surface area contributed by atoms with Gasteiger partial charge in [-0.05, 0) is 38.1 Å². The predicted octanol–water partition coefficient (Wildman–Crippen LogP) is 3.42. The molecule has 0 saturated carbocycles. The molecule has 0 spiro atoms. The van der Waals surface area contributed by atoms with Crippen LogP contribution >= 0.6 is 0 Å². The number of hydrogen-bond donors (Lipinski definition) is 1. The molecule has 1 N–H and O–H groups in total. The van der Waals surface area contributed by atoms with Crippen LogP contribution in [0.5, 0.6) is 0 Å². The molecule has 2 unspecified atom stereocenters. The average Bonchev–Trinajstić information content (AvgIpc) is 2.36. The van der Waals surface area contributed by atoms with Crippen LogP contribution in [0.15, 0.2) is 0 Å². The van der Waals surface area contributed by atoms with E-state index < -0.39 is 0 Å². The molecule has 0 amide bonds. The third-order valence-electron chi connectivity index (χ3n) is 5.24. The molecule has 2 saturated heterocycles. The van der Waals surface area contributed by atoms with Gasteiger partial charge in [-0.3, -0.25) is 4.90 Å². The minimum absolute atomic E-state index is 0.795. The highest BCUT2D eigenvalue weighted by atomic mass is 15.2. The molecule has 2 atom stereocenters. The first kappa shape index (κ1) is 14.3. The summed E-state index contributed by atoms with van der Waals surface area (Å²) in [6.07, 6.45) is 9.84. The molecule has 2 aliphatic heterocycles. The van der Waals surface area contributed by atoms with Crippen molar-refractivity contribution in [2.75, 3.05) is 13.1 Å². The molecule has 0 aromatic carbocycles. The minimum atomic E-state index is 0.795. The lowest BCUT2D eigenvalue weighted by Crippen LogP contribution is -2.57. The van der Waals surface area contributed by atoms with Crippen LogP contribution in [0.2, 0.25) is 0 Å². The Morgan fingerprint density at radius 2 is 1.67 bits per heavy atom. The molecule has 2 nitrogen and oxygen atoms in total. The van der Waals surface area contributed by atoms with Gasteiger partial charge in [-0.15, -0.1) is 0 Å². The molecule has 0 aromatic heterocycles. The lowest BCUT2D eigenvalue weighted by Gasteiger charge is -2.50. The maximum Gasteiger partial charge on any atom is 0.0113 e. The van der Waals surface area contributed by atoms with Gasteiger partial charge in [0.05, 0.1) is 0 Å². The second-order valence-corrected chi connectivity index (χ2v) is 6.34. The highest BCUT2D eigenvalue weighted by Gasteiger charge is 2.38. The molecule has 2 fully saturated rings. The van der Waals surface area contributed by atoms with Gasteiger partial charge in [-0.1, -0.05) is 40.0 Å². The largest absolute Gasteiger partial charge is 0.314 e. The molecular weight excluding hydrogens is 220 g/mol. The Morgan fingerprint density at radius 3 is 2.17 bits per heavy atom. The first-order chi connectivity index (χ1) is 8.78. The lowest BCUT2D eigenvalue weighted by atomic mass is 9.81. The number of hydrogen-bond acceptors (Lipinski definition) is 2. The Balaban J connectivity index is 1.95. The van der Waals surface area contributed by atoms with Gasteiger partial charge in [-0.25, -0.2) is 0 Å². The Labute approximate surface area is 114 Å². The van der Waals surface area contributed by atoms with Gasteiger partial charge in [0.25, 0.3) is 0 Å². The molecular formula is C16H32N2. The van der Waals surface area contributed by atoms with Gasteiger partial charge in [-0.2, -0.15) is 0 Å². The second-order valence-electron chi connectivity index (χ2n) is 6.34. The lowest BCUT2D eigenvalue weighted by molar-refractivity contribution is 0.0116. The van der Waals surface area contributed by atoms with Crippen molar-refractivity contribution in [2.24, 2.45) is 5.92 Å². The summed E-state index contributed by atoms with van der Waals surface area (Å²) in [5.74, 6) is 0.920. The number of rotatable bonds is 6. The fourth-order valence-electron chi connectivity index (χ4n) is 4.08. The van der Waals surface area contributed by atoms with Crippen molar-refractivity contribution in [3.05, 3.63) is 0 Å². The summed E-state index contributed by atoms with van der Waals surface area (Å²) in [4.78, 5) is 2.88. The molecule has 0 aliphatic carbocycles. The third-order valence-corrected chi connectivity index (χ3v) is 5.24. The number of nitrogens with zero attached hydrogens (tertiary/aromatic N) is 1. The molecule has 0 aromatic rings. The van der Waals surface area contributed by atoms with Crippen molar-refractivity contribution < 1.29 is 0 Å². The van der Waals surface area contributed by atoms with Crippen LogP contribution in [-0.2, 0) is 0 Å². The predicted molar refractivity (Wildman–Crippen MR) is 78.9 cm³/mol. The van der Waals surface area contributed by atoms with Gasteiger partial charge >= 0.3 is 0 Å². The second kappa shape index (κ2) is 6.91. The molecule has 2 heterocycles. The SMILES string of the molecule is CCNC1CC2CCCC(C1)N2CC(CC)CC. The van der Waals surface area contributed by atoms with Gasteiger partial charge in [0.1, 0.15) is 0 Å². The summed E-state index contributed by atoms with van der Waals surface area (Å²) in [5, 5.41) is 3.69. The van der Waals surface area contributed by atoms with Gasteiger partial charge in [0, 0.05) is 24.7 Å². The van der Waals surface area contributed by atoms with Crippen LogP contribution in [0.4, 0.5) is 0 Å². The normalized spacial score (nSPS) is 33.0. The highest BCUT2D eigenvalue weighted by molar-refractivity contribution is 4.95. The average molecular weight is 252 g/mol. The Kier molecular flexibility index (Phi) is 5.50. The van der Waals surface area contributed by atoms with Crippen molar-refractivity contribution in [1.29, 1.82) is 0 Å². The van der Waals surface area contributed by atoms with Crippen molar-refractivity contribution in [3.8, 4) is 0 Å². The molecule has 2 rings (SSSR count). The van der Waals surface area contributed by atoms with Crippen LogP contribution in [0, 0.1) is 5.92 Å². The van der Waals surface area contributed by atoms with E-state index in [1.165, 1.54) is 51.5 Å². The molecule has 106 valence electrons. The first-order valence-corrected chi connectivity index (χ1v) is 8.27.